The number of ether oxygens (including phenoxy) is 1. The summed E-state index contributed by atoms with van der Waals surface area (Å²) in [5.41, 5.74) is 2.49. The fraction of sp³-hybridized carbons (Fsp3) is 0.238. The lowest BCUT2D eigenvalue weighted by Crippen LogP contribution is -2.34. The van der Waals surface area contributed by atoms with Gasteiger partial charge >= 0.3 is 0 Å². The van der Waals surface area contributed by atoms with Crippen LogP contribution < -0.4 is 21.5 Å². The van der Waals surface area contributed by atoms with E-state index in [2.05, 4.69) is 15.5 Å². The Morgan fingerprint density at radius 1 is 1.13 bits per heavy atom. The number of amides is 1. The molecule has 0 aliphatic carbocycles. The zero-order chi connectivity index (χ0) is 21.5. The van der Waals surface area contributed by atoms with Crippen LogP contribution in [-0.4, -0.2) is 33.1 Å². The van der Waals surface area contributed by atoms with Crippen molar-refractivity contribution < 1.29 is 9.53 Å². The van der Waals surface area contributed by atoms with E-state index in [-0.39, 0.29) is 22.5 Å². The molecule has 0 saturated carbocycles. The number of nitrogens with one attached hydrogen (secondary N) is 1. The molecule has 0 atom stereocenters. The monoisotopic (exact) mass is 425 g/mol. The third kappa shape index (κ3) is 5.60. The summed E-state index contributed by atoms with van der Waals surface area (Å²) in [6, 6.07) is 14.9. The summed E-state index contributed by atoms with van der Waals surface area (Å²) in [4.78, 5) is 24.7. The van der Waals surface area contributed by atoms with E-state index in [0.29, 0.717) is 18.7 Å². The van der Waals surface area contributed by atoms with Crippen molar-refractivity contribution >= 4 is 23.4 Å². The maximum Gasteiger partial charge on any atom is 0.294 e. The first-order valence-electron chi connectivity index (χ1n) is 9.41. The molecular weight excluding hydrogens is 402 g/mol. The maximum atomic E-state index is 12.5. The average Bonchev–Trinajstić information content (AvgIpc) is 2.74. The van der Waals surface area contributed by atoms with Gasteiger partial charge in [-0.2, -0.15) is 4.68 Å². The second-order valence-corrected chi connectivity index (χ2v) is 7.50. The van der Waals surface area contributed by atoms with Gasteiger partial charge in [0.1, 0.15) is 11.4 Å². The molecule has 0 fully saturated rings. The number of hydrogen-bond donors (Lipinski definition) is 2. The second-order valence-electron chi connectivity index (χ2n) is 6.56. The van der Waals surface area contributed by atoms with Gasteiger partial charge in [-0.3, -0.25) is 9.59 Å². The summed E-state index contributed by atoms with van der Waals surface area (Å²) >= 11 is 1.05. The Morgan fingerprint density at radius 2 is 1.83 bits per heavy atom. The van der Waals surface area contributed by atoms with E-state index in [9.17, 15) is 9.59 Å². The van der Waals surface area contributed by atoms with Crippen LogP contribution in [0, 0.1) is 6.92 Å². The number of benzene rings is 2. The van der Waals surface area contributed by atoms with Crippen LogP contribution in [0.25, 0.3) is 0 Å². The predicted molar refractivity (Wildman–Crippen MR) is 117 cm³/mol. The van der Waals surface area contributed by atoms with Crippen molar-refractivity contribution in [2.24, 2.45) is 0 Å². The van der Waals surface area contributed by atoms with Crippen LogP contribution in [0.3, 0.4) is 0 Å². The number of aryl methyl sites for hydroxylation is 1. The molecule has 1 amide bonds. The van der Waals surface area contributed by atoms with E-state index < -0.39 is 5.56 Å². The number of anilines is 1. The molecule has 1 heterocycles. The summed E-state index contributed by atoms with van der Waals surface area (Å²) in [7, 11) is 0. The van der Waals surface area contributed by atoms with Crippen molar-refractivity contribution in [2.45, 2.75) is 25.4 Å². The van der Waals surface area contributed by atoms with E-state index in [4.69, 9.17) is 10.6 Å². The number of nitrogens with two attached hydrogens (primary N) is 1. The molecule has 3 rings (SSSR count). The molecule has 2 aromatic carbocycles. The van der Waals surface area contributed by atoms with E-state index in [1.165, 1.54) is 0 Å². The van der Waals surface area contributed by atoms with E-state index >= 15 is 0 Å². The van der Waals surface area contributed by atoms with Crippen molar-refractivity contribution in [3.63, 3.8) is 0 Å². The van der Waals surface area contributed by atoms with Crippen LogP contribution in [0.15, 0.2) is 58.5 Å². The molecule has 8 nitrogen and oxygen atoms in total. The molecule has 0 unspecified atom stereocenters. The predicted octanol–water partition coefficient (Wildman–Crippen LogP) is 2.38. The van der Waals surface area contributed by atoms with Gasteiger partial charge in [0.05, 0.1) is 12.4 Å². The number of carbonyl (C=O) groups excluding carboxylic acids is 1. The first-order chi connectivity index (χ1) is 14.5. The van der Waals surface area contributed by atoms with E-state index in [0.717, 1.165) is 33.3 Å². The third-order valence-corrected chi connectivity index (χ3v) is 5.14. The standard InChI is InChI=1S/C21H23N5O3S/c1-3-29-17-10-6-15(7-11-17)12-18-20(28)26(22)21(25-24-18)30-13-19(27)23-16-8-4-14(2)5-9-16/h4-11H,3,12-13,22H2,1-2H3,(H,23,27). The van der Waals surface area contributed by atoms with Gasteiger partial charge in [0.15, 0.2) is 0 Å². The molecule has 1 aromatic heterocycles. The lowest BCUT2D eigenvalue weighted by Gasteiger charge is -2.09. The highest BCUT2D eigenvalue weighted by molar-refractivity contribution is 7.99. The zero-order valence-electron chi connectivity index (χ0n) is 16.8. The average molecular weight is 426 g/mol. The molecule has 0 aliphatic heterocycles. The Hall–Kier alpha value is -3.33. The lowest BCUT2D eigenvalue weighted by atomic mass is 10.1. The highest BCUT2D eigenvalue weighted by atomic mass is 32.2. The molecule has 0 bridgehead atoms. The zero-order valence-corrected chi connectivity index (χ0v) is 17.6. The lowest BCUT2D eigenvalue weighted by molar-refractivity contribution is -0.113. The van der Waals surface area contributed by atoms with Crippen molar-refractivity contribution in [1.82, 2.24) is 14.9 Å². The second kappa shape index (κ2) is 9.93. The number of rotatable bonds is 8. The van der Waals surface area contributed by atoms with Gasteiger partial charge in [-0.15, -0.1) is 10.2 Å². The highest BCUT2D eigenvalue weighted by Crippen LogP contribution is 2.16. The van der Waals surface area contributed by atoms with Crippen LogP contribution in [-0.2, 0) is 11.2 Å². The number of nitrogens with zero attached hydrogens (tertiary/aromatic N) is 3. The number of aromatic nitrogens is 3. The number of nitrogen functional groups attached to an aromatic ring is 1. The van der Waals surface area contributed by atoms with Gasteiger partial charge in [-0.1, -0.05) is 41.6 Å². The van der Waals surface area contributed by atoms with Gasteiger partial charge < -0.3 is 15.9 Å². The first-order valence-corrected chi connectivity index (χ1v) is 10.4. The minimum Gasteiger partial charge on any atom is -0.494 e. The molecule has 156 valence electrons. The number of thioether (sulfide) groups is 1. The van der Waals surface area contributed by atoms with Crippen LogP contribution in [0.5, 0.6) is 5.75 Å². The molecule has 3 aromatic rings. The van der Waals surface area contributed by atoms with Crippen molar-refractivity contribution in [2.75, 3.05) is 23.5 Å². The highest BCUT2D eigenvalue weighted by Gasteiger charge is 2.13. The Kier molecular flexibility index (Phi) is 7.08. The van der Waals surface area contributed by atoms with Gasteiger partial charge in [-0.25, -0.2) is 0 Å². The molecule has 0 spiro atoms. The summed E-state index contributed by atoms with van der Waals surface area (Å²) < 4.78 is 6.34. The summed E-state index contributed by atoms with van der Waals surface area (Å²) in [6.07, 6.45) is 0.300. The van der Waals surface area contributed by atoms with Crippen molar-refractivity contribution in [3.05, 3.63) is 75.7 Å². The van der Waals surface area contributed by atoms with Crippen LogP contribution in [0.2, 0.25) is 0 Å². The minimum atomic E-state index is -0.444. The van der Waals surface area contributed by atoms with Crippen LogP contribution in [0.1, 0.15) is 23.7 Å². The SMILES string of the molecule is CCOc1ccc(Cc2nnc(SCC(=O)Nc3ccc(C)cc3)n(N)c2=O)cc1. The van der Waals surface area contributed by atoms with E-state index in [1.54, 1.807) is 0 Å². The molecule has 0 radical (unpaired) electrons. The van der Waals surface area contributed by atoms with Gasteiger partial charge in [0.25, 0.3) is 5.56 Å². The van der Waals surface area contributed by atoms with Gasteiger partial charge in [0, 0.05) is 12.1 Å². The molecular formula is C21H23N5O3S. The third-order valence-electron chi connectivity index (χ3n) is 4.20. The largest absolute Gasteiger partial charge is 0.494 e. The topological polar surface area (TPSA) is 112 Å². The Morgan fingerprint density at radius 3 is 2.50 bits per heavy atom. The fourth-order valence-electron chi connectivity index (χ4n) is 2.66. The van der Waals surface area contributed by atoms with Crippen molar-refractivity contribution in [1.29, 1.82) is 0 Å². The summed E-state index contributed by atoms with van der Waals surface area (Å²) in [5, 5.41) is 11.0. The molecule has 3 N–H and O–H groups in total. The molecule has 0 saturated heterocycles. The first kappa shape index (κ1) is 21.4. The quantitative estimate of drug-likeness (QED) is 0.421. The van der Waals surface area contributed by atoms with E-state index in [1.807, 2.05) is 62.4 Å². The minimum absolute atomic E-state index is 0.0530. The van der Waals surface area contributed by atoms with Gasteiger partial charge in [0.2, 0.25) is 11.1 Å². The number of carbonyl (C=O) groups is 1. The Bertz CT molecular complexity index is 1070. The molecule has 30 heavy (non-hydrogen) atoms. The summed E-state index contributed by atoms with van der Waals surface area (Å²) in [5.74, 6) is 6.48. The van der Waals surface area contributed by atoms with Gasteiger partial charge in [-0.05, 0) is 43.7 Å². The number of hydrogen-bond acceptors (Lipinski definition) is 7. The van der Waals surface area contributed by atoms with Crippen LogP contribution in [0.4, 0.5) is 5.69 Å². The summed E-state index contributed by atoms with van der Waals surface area (Å²) in [6.45, 7) is 4.48. The van der Waals surface area contributed by atoms with Crippen LogP contribution >= 0.6 is 11.8 Å². The Balaban J connectivity index is 1.62. The van der Waals surface area contributed by atoms with Crippen molar-refractivity contribution in [3.8, 4) is 5.75 Å². The fourth-order valence-corrected chi connectivity index (χ4v) is 3.31. The molecule has 0 aliphatic rings. The Labute approximate surface area is 178 Å². The maximum absolute atomic E-state index is 12.5. The normalized spacial score (nSPS) is 10.6. The molecule has 9 heteroatoms. The smallest absolute Gasteiger partial charge is 0.294 e.